The first-order valence-corrected chi connectivity index (χ1v) is 10.9. The standard InChI is InChI=1S/C22H25ClN6O.ClH/c1-12-9-19(28-13(2)27-12)30-15-5-3-14(4-6-15)20-17(23)7-8-24-21-16-10-25-26-11-18(16)29-22(20)21;/h7,9,11,14-15,25,29H,3-6,8,10H2,1-2H3;1H. The molecule has 2 aromatic heterocycles. The number of rotatable bonds is 3. The predicted molar refractivity (Wildman–Crippen MR) is 123 cm³/mol. The second-order valence-corrected chi connectivity index (χ2v) is 8.53. The smallest absolute Gasteiger partial charge is 0.217 e. The molecule has 1 aliphatic carbocycles. The van der Waals surface area contributed by atoms with Crippen molar-refractivity contribution in [3.63, 3.8) is 0 Å². The molecule has 2 aromatic rings. The molecule has 31 heavy (non-hydrogen) atoms. The minimum Gasteiger partial charge on any atom is -0.474 e. The van der Waals surface area contributed by atoms with Gasteiger partial charge in [0.25, 0.3) is 0 Å². The van der Waals surface area contributed by atoms with E-state index >= 15 is 0 Å². The number of ether oxygens (including phenoxy) is 1. The van der Waals surface area contributed by atoms with Crippen LogP contribution in [0, 0.1) is 19.8 Å². The van der Waals surface area contributed by atoms with E-state index in [1.165, 1.54) is 11.1 Å². The Bertz CT molecular complexity index is 1140. The van der Waals surface area contributed by atoms with Crippen molar-refractivity contribution in [1.29, 1.82) is 0 Å². The van der Waals surface area contributed by atoms with Gasteiger partial charge in [0.2, 0.25) is 5.88 Å². The molecule has 0 unspecified atom stereocenters. The molecule has 0 spiro atoms. The van der Waals surface area contributed by atoms with E-state index in [1.54, 1.807) is 0 Å². The average molecular weight is 461 g/mol. The van der Waals surface area contributed by atoms with E-state index in [1.807, 2.05) is 32.2 Å². The lowest BCUT2D eigenvalue weighted by atomic mass is 9.82. The zero-order valence-corrected chi connectivity index (χ0v) is 19.2. The van der Waals surface area contributed by atoms with Gasteiger partial charge in [0.1, 0.15) is 11.9 Å². The van der Waals surface area contributed by atoms with Crippen LogP contribution in [0.5, 0.6) is 5.88 Å². The van der Waals surface area contributed by atoms with Crippen molar-refractivity contribution in [2.24, 2.45) is 16.0 Å². The maximum absolute atomic E-state index is 6.76. The van der Waals surface area contributed by atoms with Crippen molar-refractivity contribution in [3.8, 4) is 5.88 Å². The van der Waals surface area contributed by atoms with Crippen LogP contribution in [0.25, 0.3) is 5.57 Å². The molecule has 164 valence electrons. The fourth-order valence-electron chi connectivity index (χ4n) is 4.67. The summed E-state index contributed by atoms with van der Waals surface area (Å²) in [4.78, 5) is 17.1. The fourth-order valence-corrected chi connectivity index (χ4v) is 4.99. The number of allylic oxidation sites excluding steroid dienone is 1. The number of hydrazone groups is 1. The molecule has 0 atom stereocenters. The van der Waals surface area contributed by atoms with E-state index in [-0.39, 0.29) is 18.5 Å². The van der Waals surface area contributed by atoms with Gasteiger partial charge in [0, 0.05) is 22.4 Å². The summed E-state index contributed by atoms with van der Waals surface area (Å²) in [6, 6.07) is 1.91. The van der Waals surface area contributed by atoms with E-state index in [4.69, 9.17) is 21.3 Å². The Hall–Kier alpha value is -2.38. The summed E-state index contributed by atoms with van der Waals surface area (Å²) in [7, 11) is 0. The minimum atomic E-state index is 0. The number of aromatic amines is 1. The first-order chi connectivity index (χ1) is 14.6. The lowest BCUT2D eigenvalue weighted by Gasteiger charge is -2.30. The van der Waals surface area contributed by atoms with Crippen LogP contribution in [-0.4, -0.2) is 33.8 Å². The van der Waals surface area contributed by atoms with E-state index < -0.39 is 0 Å². The molecule has 1 saturated carbocycles. The lowest BCUT2D eigenvalue weighted by molar-refractivity contribution is 0.136. The summed E-state index contributed by atoms with van der Waals surface area (Å²) in [5.41, 5.74) is 7.36. The first-order valence-electron chi connectivity index (χ1n) is 10.5. The first kappa shape index (κ1) is 21.8. The Labute approximate surface area is 192 Å². The number of nitrogens with one attached hydrogen (secondary N) is 2. The molecule has 5 rings (SSSR count). The molecule has 0 saturated heterocycles. The van der Waals surface area contributed by atoms with Gasteiger partial charge in [-0.2, -0.15) is 10.1 Å². The van der Waals surface area contributed by atoms with Crippen LogP contribution < -0.4 is 20.9 Å². The number of aromatic nitrogens is 3. The molecule has 7 nitrogen and oxygen atoms in total. The van der Waals surface area contributed by atoms with Gasteiger partial charge in [-0.05, 0) is 57.1 Å². The Morgan fingerprint density at radius 1 is 1.13 bits per heavy atom. The van der Waals surface area contributed by atoms with Gasteiger partial charge in [-0.25, -0.2) is 4.98 Å². The zero-order valence-electron chi connectivity index (χ0n) is 17.6. The monoisotopic (exact) mass is 460 g/mol. The zero-order chi connectivity index (χ0) is 20.7. The predicted octanol–water partition coefficient (Wildman–Crippen LogP) is 2.82. The maximum Gasteiger partial charge on any atom is 0.217 e. The van der Waals surface area contributed by atoms with E-state index in [0.29, 0.717) is 24.9 Å². The number of halogens is 2. The number of nitrogens with zero attached hydrogens (tertiary/aromatic N) is 4. The number of aryl methyl sites for hydroxylation is 2. The Balaban J connectivity index is 0.00000231. The highest BCUT2D eigenvalue weighted by molar-refractivity contribution is 6.35. The summed E-state index contributed by atoms with van der Waals surface area (Å²) >= 11 is 6.76. The van der Waals surface area contributed by atoms with E-state index in [9.17, 15) is 0 Å². The summed E-state index contributed by atoms with van der Waals surface area (Å²) in [6.07, 6.45) is 7.99. The van der Waals surface area contributed by atoms with E-state index in [2.05, 4.69) is 25.5 Å². The van der Waals surface area contributed by atoms with Gasteiger partial charge in [-0.3, -0.25) is 4.99 Å². The van der Waals surface area contributed by atoms with E-state index in [0.717, 1.165) is 58.6 Å². The van der Waals surface area contributed by atoms with Crippen molar-refractivity contribution < 1.29 is 4.74 Å². The third-order valence-corrected chi connectivity index (χ3v) is 6.37. The number of hydrogen-bond donors (Lipinski definition) is 2. The quantitative estimate of drug-likeness (QED) is 0.736. The highest BCUT2D eigenvalue weighted by Crippen LogP contribution is 2.36. The van der Waals surface area contributed by atoms with Crippen LogP contribution in [-0.2, 0) is 6.54 Å². The topological polar surface area (TPSA) is 87.5 Å². The molecule has 9 heteroatoms. The Morgan fingerprint density at radius 2 is 1.94 bits per heavy atom. The van der Waals surface area contributed by atoms with Gasteiger partial charge >= 0.3 is 0 Å². The summed E-state index contributed by atoms with van der Waals surface area (Å²) in [5.74, 6) is 1.79. The molecule has 0 radical (unpaired) electrons. The van der Waals surface area contributed by atoms with Crippen molar-refractivity contribution in [1.82, 2.24) is 20.4 Å². The molecule has 0 bridgehead atoms. The average Bonchev–Trinajstić information content (AvgIpc) is 2.98. The molecular formula is C22H26Cl2N6O. The molecule has 3 aliphatic rings. The molecule has 2 aliphatic heterocycles. The van der Waals surface area contributed by atoms with Crippen LogP contribution in [0.1, 0.15) is 48.5 Å². The highest BCUT2D eigenvalue weighted by Gasteiger charge is 2.29. The maximum atomic E-state index is 6.76. The summed E-state index contributed by atoms with van der Waals surface area (Å²) in [5, 5.41) is 7.06. The normalized spacial score (nSPS) is 22.2. The molecule has 2 N–H and O–H groups in total. The van der Waals surface area contributed by atoms with Gasteiger partial charge in [0.15, 0.2) is 0 Å². The third-order valence-electron chi connectivity index (χ3n) is 6.01. The van der Waals surface area contributed by atoms with Crippen LogP contribution in [0.4, 0.5) is 0 Å². The summed E-state index contributed by atoms with van der Waals surface area (Å²) < 4.78 is 6.18. The van der Waals surface area contributed by atoms with Gasteiger partial charge in [-0.1, -0.05) is 11.6 Å². The number of hydrogen-bond acceptors (Lipinski definition) is 6. The van der Waals surface area contributed by atoms with Crippen LogP contribution in [0.15, 0.2) is 27.3 Å². The molecular weight excluding hydrogens is 435 g/mol. The second kappa shape index (κ2) is 9.01. The molecule has 4 heterocycles. The van der Waals surface area contributed by atoms with Crippen molar-refractivity contribution in [2.75, 3.05) is 6.54 Å². The fraction of sp³-hybridized carbons (Fsp3) is 0.455. The van der Waals surface area contributed by atoms with Crippen LogP contribution in [0.3, 0.4) is 0 Å². The van der Waals surface area contributed by atoms with Crippen molar-refractivity contribution in [2.45, 2.75) is 52.2 Å². The van der Waals surface area contributed by atoms with Crippen molar-refractivity contribution >= 4 is 35.8 Å². The van der Waals surface area contributed by atoms with Gasteiger partial charge in [0.05, 0.1) is 35.7 Å². The molecule has 0 amide bonds. The number of fused-ring (bicyclic) bond motifs is 3. The Morgan fingerprint density at radius 3 is 2.71 bits per heavy atom. The van der Waals surface area contributed by atoms with Crippen molar-refractivity contribution in [3.05, 3.63) is 50.7 Å². The van der Waals surface area contributed by atoms with Gasteiger partial charge in [-0.15, -0.1) is 12.4 Å². The number of H-pyrrole nitrogens is 1. The third kappa shape index (κ3) is 4.34. The Kier molecular flexibility index (Phi) is 6.34. The molecule has 1 fully saturated rings. The van der Waals surface area contributed by atoms with Crippen LogP contribution in [0.2, 0.25) is 0 Å². The molecule has 0 aromatic carbocycles. The largest absolute Gasteiger partial charge is 0.474 e. The van der Waals surface area contributed by atoms with Crippen LogP contribution >= 0.6 is 24.0 Å². The second-order valence-electron chi connectivity index (χ2n) is 8.13. The highest BCUT2D eigenvalue weighted by atomic mass is 35.5. The minimum absolute atomic E-state index is 0. The SMILES string of the molecule is Cc1cc(OC2CCC(C3=c4[nH]c5c(c4=NCC=C3Cl)CNN=C5)CC2)nc(C)n1.Cl. The van der Waals surface area contributed by atoms with Gasteiger partial charge < -0.3 is 15.1 Å². The lowest BCUT2D eigenvalue weighted by Crippen LogP contribution is -2.33. The summed E-state index contributed by atoms with van der Waals surface area (Å²) in [6.45, 7) is 5.15.